The van der Waals surface area contributed by atoms with E-state index in [-0.39, 0.29) is 19.1 Å². The number of carbonyl (C=O) groups is 1. The second-order valence-electron chi connectivity index (χ2n) is 4.72. The van der Waals surface area contributed by atoms with Crippen molar-refractivity contribution in [3.8, 4) is 0 Å². The van der Waals surface area contributed by atoms with E-state index in [1.807, 2.05) is 35.2 Å². The van der Waals surface area contributed by atoms with Crippen molar-refractivity contribution in [1.82, 2.24) is 10.4 Å². The van der Waals surface area contributed by atoms with Crippen molar-refractivity contribution in [3.63, 3.8) is 0 Å². The zero-order valence-corrected chi connectivity index (χ0v) is 10.9. The van der Waals surface area contributed by atoms with E-state index >= 15 is 0 Å². The highest BCUT2D eigenvalue weighted by Gasteiger charge is 2.29. The minimum Gasteiger partial charge on any atom is -0.395 e. The number of amides is 1. The first kappa shape index (κ1) is 14.0. The van der Waals surface area contributed by atoms with Gasteiger partial charge in [0.25, 0.3) is 5.91 Å². The van der Waals surface area contributed by atoms with Crippen LogP contribution in [0, 0.1) is 0 Å². The molecule has 0 unspecified atom stereocenters. The second kappa shape index (κ2) is 7.23. The summed E-state index contributed by atoms with van der Waals surface area (Å²) in [5, 5.41) is 8.95. The molecule has 5 nitrogen and oxygen atoms in total. The molecule has 0 aliphatic heterocycles. The van der Waals surface area contributed by atoms with Crippen molar-refractivity contribution >= 4 is 5.91 Å². The van der Waals surface area contributed by atoms with Crippen LogP contribution in [-0.2, 0) is 16.2 Å². The monoisotopic (exact) mass is 264 g/mol. The third kappa shape index (κ3) is 4.98. The Balaban J connectivity index is 1.66. The van der Waals surface area contributed by atoms with Gasteiger partial charge in [-0.3, -0.25) is 14.5 Å². The summed E-state index contributed by atoms with van der Waals surface area (Å²) in [7, 11) is 0. The molecule has 1 fully saturated rings. The SMILES string of the molecule is O=C(CN(CCO)C1CC1)NOCc1ccccc1. The number of hydrogen-bond acceptors (Lipinski definition) is 4. The minimum atomic E-state index is -0.170. The second-order valence-corrected chi connectivity index (χ2v) is 4.72. The van der Waals surface area contributed by atoms with Crippen molar-refractivity contribution in [3.05, 3.63) is 35.9 Å². The van der Waals surface area contributed by atoms with Crippen molar-refractivity contribution in [2.75, 3.05) is 19.7 Å². The van der Waals surface area contributed by atoms with Crippen molar-refractivity contribution in [2.24, 2.45) is 0 Å². The summed E-state index contributed by atoms with van der Waals surface area (Å²) in [6, 6.07) is 10.1. The Morgan fingerprint density at radius 3 is 2.74 bits per heavy atom. The standard InChI is InChI=1S/C14H20N2O3/c17-9-8-16(13-6-7-13)10-14(18)15-19-11-12-4-2-1-3-5-12/h1-5,13,17H,6-11H2,(H,15,18). The highest BCUT2D eigenvalue weighted by molar-refractivity contribution is 5.77. The lowest BCUT2D eigenvalue weighted by Crippen LogP contribution is -2.39. The summed E-state index contributed by atoms with van der Waals surface area (Å²) in [5.41, 5.74) is 3.45. The Kier molecular flexibility index (Phi) is 5.32. The zero-order chi connectivity index (χ0) is 13.5. The van der Waals surface area contributed by atoms with Gasteiger partial charge < -0.3 is 5.11 Å². The van der Waals surface area contributed by atoms with E-state index in [0.717, 1.165) is 18.4 Å². The van der Waals surface area contributed by atoms with Gasteiger partial charge in [0.1, 0.15) is 0 Å². The molecular formula is C14H20N2O3. The predicted octanol–water partition coefficient (Wildman–Crippen LogP) is 0.691. The third-order valence-corrected chi connectivity index (χ3v) is 3.06. The molecular weight excluding hydrogens is 244 g/mol. The van der Waals surface area contributed by atoms with Crippen LogP contribution in [0.5, 0.6) is 0 Å². The van der Waals surface area contributed by atoms with E-state index in [1.54, 1.807) is 0 Å². The summed E-state index contributed by atoms with van der Waals surface area (Å²) in [4.78, 5) is 18.9. The lowest BCUT2D eigenvalue weighted by molar-refractivity contribution is -0.136. The van der Waals surface area contributed by atoms with Gasteiger partial charge in [0.2, 0.25) is 0 Å². The van der Waals surface area contributed by atoms with Crippen LogP contribution in [0.3, 0.4) is 0 Å². The van der Waals surface area contributed by atoms with Gasteiger partial charge in [-0.05, 0) is 18.4 Å². The van der Waals surface area contributed by atoms with Crippen molar-refractivity contribution in [1.29, 1.82) is 0 Å². The maximum atomic E-state index is 11.7. The first-order valence-electron chi connectivity index (χ1n) is 6.59. The molecule has 0 heterocycles. The van der Waals surface area contributed by atoms with Crippen LogP contribution in [0.1, 0.15) is 18.4 Å². The van der Waals surface area contributed by atoms with Gasteiger partial charge in [0, 0.05) is 12.6 Å². The summed E-state index contributed by atoms with van der Waals surface area (Å²) in [6.07, 6.45) is 2.22. The summed E-state index contributed by atoms with van der Waals surface area (Å²) in [5.74, 6) is -0.170. The number of nitrogens with one attached hydrogen (secondary N) is 1. The number of nitrogens with zero attached hydrogens (tertiary/aromatic N) is 1. The number of benzene rings is 1. The molecule has 0 bridgehead atoms. The lowest BCUT2D eigenvalue weighted by Gasteiger charge is -2.19. The fraction of sp³-hybridized carbons (Fsp3) is 0.500. The van der Waals surface area contributed by atoms with Crippen LogP contribution in [0.4, 0.5) is 0 Å². The van der Waals surface area contributed by atoms with Gasteiger partial charge in [-0.15, -0.1) is 0 Å². The number of rotatable bonds is 8. The predicted molar refractivity (Wildman–Crippen MR) is 71.1 cm³/mol. The van der Waals surface area contributed by atoms with Crippen molar-refractivity contribution in [2.45, 2.75) is 25.5 Å². The summed E-state index contributed by atoms with van der Waals surface area (Å²) in [6.45, 7) is 1.25. The zero-order valence-electron chi connectivity index (χ0n) is 10.9. The van der Waals surface area contributed by atoms with Crippen LogP contribution >= 0.6 is 0 Å². The Morgan fingerprint density at radius 2 is 2.11 bits per heavy atom. The minimum absolute atomic E-state index is 0.0780. The molecule has 104 valence electrons. The molecule has 1 saturated carbocycles. The number of aliphatic hydroxyl groups is 1. The van der Waals surface area contributed by atoms with Gasteiger partial charge in [-0.2, -0.15) is 0 Å². The first-order chi connectivity index (χ1) is 9.29. The molecule has 0 saturated heterocycles. The third-order valence-electron chi connectivity index (χ3n) is 3.06. The Morgan fingerprint density at radius 1 is 1.37 bits per heavy atom. The molecule has 0 radical (unpaired) electrons. The highest BCUT2D eigenvalue weighted by atomic mass is 16.6. The number of hydrogen-bond donors (Lipinski definition) is 2. The van der Waals surface area contributed by atoms with Crippen LogP contribution in [-0.4, -0.2) is 41.7 Å². The molecule has 0 spiro atoms. The van der Waals surface area contributed by atoms with Gasteiger partial charge >= 0.3 is 0 Å². The van der Waals surface area contributed by atoms with Crippen LogP contribution in [0.25, 0.3) is 0 Å². The topological polar surface area (TPSA) is 61.8 Å². The Bertz CT molecular complexity index is 393. The quantitative estimate of drug-likeness (QED) is 0.678. The van der Waals surface area contributed by atoms with Gasteiger partial charge in [0.15, 0.2) is 0 Å². The number of hydroxylamine groups is 1. The summed E-state index contributed by atoms with van der Waals surface area (Å²) < 4.78 is 0. The van der Waals surface area contributed by atoms with E-state index in [4.69, 9.17) is 9.94 Å². The first-order valence-corrected chi connectivity index (χ1v) is 6.59. The molecule has 0 atom stereocenters. The van der Waals surface area contributed by atoms with E-state index in [0.29, 0.717) is 19.2 Å². The van der Waals surface area contributed by atoms with Gasteiger partial charge in [0.05, 0.1) is 19.8 Å². The fourth-order valence-corrected chi connectivity index (χ4v) is 1.95. The van der Waals surface area contributed by atoms with E-state index in [2.05, 4.69) is 5.48 Å². The van der Waals surface area contributed by atoms with E-state index in [1.165, 1.54) is 0 Å². The fourth-order valence-electron chi connectivity index (χ4n) is 1.95. The number of aliphatic hydroxyl groups excluding tert-OH is 1. The average molecular weight is 264 g/mol. The Labute approximate surface area is 113 Å². The van der Waals surface area contributed by atoms with E-state index < -0.39 is 0 Å². The molecule has 1 aliphatic rings. The molecule has 5 heteroatoms. The molecule has 2 N–H and O–H groups in total. The maximum Gasteiger partial charge on any atom is 0.257 e. The number of carbonyl (C=O) groups excluding carboxylic acids is 1. The molecule has 1 amide bonds. The molecule has 19 heavy (non-hydrogen) atoms. The molecule has 1 aromatic rings. The molecule has 1 aromatic carbocycles. The van der Waals surface area contributed by atoms with Crippen molar-refractivity contribution < 1.29 is 14.7 Å². The smallest absolute Gasteiger partial charge is 0.257 e. The lowest BCUT2D eigenvalue weighted by atomic mass is 10.2. The normalized spacial score (nSPS) is 14.6. The largest absolute Gasteiger partial charge is 0.395 e. The molecule has 1 aliphatic carbocycles. The maximum absolute atomic E-state index is 11.7. The molecule has 0 aromatic heterocycles. The average Bonchev–Trinajstić information content (AvgIpc) is 3.24. The van der Waals surface area contributed by atoms with Gasteiger partial charge in [-0.1, -0.05) is 30.3 Å². The van der Waals surface area contributed by atoms with Gasteiger partial charge in [-0.25, -0.2) is 5.48 Å². The van der Waals surface area contributed by atoms with Crippen LogP contribution < -0.4 is 5.48 Å². The van der Waals surface area contributed by atoms with Crippen LogP contribution in [0.15, 0.2) is 30.3 Å². The van der Waals surface area contributed by atoms with E-state index in [9.17, 15) is 4.79 Å². The summed E-state index contributed by atoms with van der Waals surface area (Å²) >= 11 is 0. The molecule has 2 rings (SSSR count). The Hall–Kier alpha value is -1.43. The highest BCUT2D eigenvalue weighted by Crippen LogP contribution is 2.25. The van der Waals surface area contributed by atoms with Crippen LogP contribution in [0.2, 0.25) is 0 Å².